The van der Waals surface area contributed by atoms with Crippen LogP contribution in [0.4, 0.5) is 23.2 Å². The van der Waals surface area contributed by atoms with Gasteiger partial charge in [-0.1, -0.05) is 6.07 Å². The van der Waals surface area contributed by atoms with Gasteiger partial charge in [0.1, 0.15) is 12.4 Å². The van der Waals surface area contributed by atoms with E-state index >= 15 is 0 Å². The molecule has 1 aromatic carbocycles. The van der Waals surface area contributed by atoms with Crippen molar-refractivity contribution in [2.24, 2.45) is 0 Å². The SMILES string of the molecule is CNc1c(F)cccc1C(=O)N(CC(F)(F)F)C(C)C. The molecule has 0 fully saturated rings. The van der Waals surface area contributed by atoms with Crippen LogP contribution in [0.2, 0.25) is 0 Å². The van der Waals surface area contributed by atoms with Crippen molar-refractivity contribution in [3.63, 3.8) is 0 Å². The molecule has 0 aliphatic rings. The number of nitrogens with one attached hydrogen (secondary N) is 1. The number of alkyl halides is 3. The van der Waals surface area contributed by atoms with Gasteiger partial charge in [-0.2, -0.15) is 13.2 Å². The molecule has 7 heteroatoms. The van der Waals surface area contributed by atoms with E-state index < -0.39 is 30.5 Å². The Morgan fingerprint density at radius 2 is 1.95 bits per heavy atom. The second-order valence-corrected chi connectivity index (χ2v) is 4.55. The zero-order chi connectivity index (χ0) is 15.5. The van der Waals surface area contributed by atoms with Crippen LogP contribution >= 0.6 is 0 Å². The first-order valence-corrected chi connectivity index (χ1v) is 6.01. The molecule has 1 rings (SSSR count). The van der Waals surface area contributed by atoms with Gasteiger partial charge < -0.3 is 10.2 Å². The van der Waals surface area contributed by atoms with Crippen molar-refractivity contribution in [1.29, 1.82) is 0 Å². The van der Waals surface area contributed by atoms with Crippen molar-refractivity contribution in [2.45, 2.75) is 26.1 Å². The van der Waals surface area contributed by atoms with E-state index in [1.165, 1.54) is 33.0 Å². The number of hydrogen-bond acceptors (Lipinski definition) is 2. The predicted molar refractivity (Wildman–Crippen MR) is 68.2 cm³/mol. The molecule has 0 saturated carbocycles. The Bertz CT molecular complexity index is 486. The first kappa shape index (κ1) is 16.3. The number of halogens is 4. The Morgan fingerprint density at radius 1 is 1.35 bits per heavy atom. The highest BCUT2D eigenvalue weighted by Crippen LogP contribution is 2.24. The summed E-state index contributed by atoms with van der Waals surface area (Å²) in [5.74, 6) is -1.55. The van der Waals surface area contributed by atoms with Crippen LogP contribution in [0.3, 0.4) is 0 Å². The second-order valence-electron chi connectivity index (χ2n) is 4.55. The Labute approximate surface area is 114 Å². The van der Waals surface area contributed by atoms with E-state index in [9.17, 15) is 22.4 Å². The fourth-order valence-corrected chi connectivity index (χ4v) is 1.79. The molecule has 1 N–H and O–H groups in total. The van der Waals surface area contributed by atoms with Gasteiger partial charge in [-0.15, -0.1) is 0 Å². The van der Waals surface area contributed by atoms with Gasteiger partial charge in [-0.3, -0.25) is 4.79 Å². The summed E-state index contributed by atoms with van der Waals surface area (Å²) in [5.41, 5.74) is -0.226. The largest absolute Gasteiger partial charge is 0.406 e. The quantitative estimate of drug-likeness (QED) is 0.864. The highest BCUT2D eigenvalue weighted by Gasteiger charge is 2.35. The molecule has 1 amide bonds. The minimum Gasteiger partial charge on any atom is -0.385 e. The summed E-state index contributed by atoms with van der Waals surface area (Å²) in [6.07, 6.45) is -4.51. The van der Waals surface area contributed by atoms with E-state index in [1.54, 1.807) is 0 Å². The first-order chi connectivity index (χ1) is 9.17. The molecular formula is C13H16F4N2O. The molecule has 3 nitrogen and oxygen atoms in total. The number of amides is 1. The van der Waals surface area contributed by atoms with Gasteiger partial charge in [-0.25, -0.2) is 4.39 Å². The average Bonchev–Trinajstić information content (AvgIpc) is 2.33. The van der Waals surface area contributed by atoms with Crippen molar-refractivity contribution in [2.75, 3.05) is 18.9 Å². The van der Waals surface area contributed by atoms with Crippen LogP contribution < -0.4 is 5.32 Å². The zero-order valence-corrected chi connectivity index (χ0v) is 11.4. The number of carbonyl (C=O) groups excluding carboxylic acids is 1. The summed E-state index contributed by atoms with van der Waals surface area (Å²) in [4.78, 5) is 12.9. The number of hydrogen-bond donors (Lipinski definition) is 1. The average molecular weight is 292 g/mol. The molecule has 0 saturated heterocycles. The van der Waals surface area contributed by atoms with Crippen LogP contribution in [-0.2, 0) is 0 Å². The third kappa shape index (κ3) is 3.85. The molecule has 1 aromatic rings. The maximum Gasteiger partial charge on any atom is 0.406 e. The minimum atomic E-state index is -4.51. The molecule has 0 bridgehead atoms. The highest BCUT2D eigenvalue weighted by molar-refractivity contribution is 5.99. The van der Waals surface area contributed by atoms with Gasteiger partial charge in [0.2, 0.25) is 0 Å². The van der Waals surface area contributed by atoms with Gasteiger partial charge in [0, 0.05) is 13.1 Å². The summed E-state index contributed by atoms with van der Waals surface area (Å²) < 4.78 is 51.1. The number of para-hydroxylation sites is 1. The Balaban J connectivity index is 3.17. The van der Waals surface area contributed by atoms with Crippen molar-refractivity contribution < 1.29 is 22.4 Å². The van der Waals surface area contributed by atoms with Crippen LogP contribution in [0.15, 0.2) is 18.2 Å². The molecule has 0 unspecified atom stereocenters. The van der Waals surface area contributed by atoms with Crippen LogP contribution in [0.5, 0.6) is 0 Å². The van der Waals surface area contributed by atoms with Crippen molar-refractivity contribution in [3.8, 4) is 0 Å². The molecule has 20 heavy (non-hydrogen) atoms. The Kier molecular flexibility index (Phi) is 4.97. The van der Waals surface area contributed by atoms with E-state index in [1.807, 2.05) is 0 Å². The summed E-state index contributed by atoms with van der Waals surface area (Å²) >= 11 is 0. The van der Waals surface area contributed by atoms with Crippen molar-refractivity contribution >= 4 is 11.6 Å². The van der Waals surface area contributed by atoms with Gasteiger partial charge in [0.15, 0.2) is 0 Å². The third-order valence-corrected chi connectivity index (χ3v) is 2.73. The Morgan fingerprint density at radius 3 is 2.40 bits per heavy atom. The summed E-state index contributed by atoms with van der Waals surface area (Å²) in [6.45, 7) is 1.58. The fraction of sp³-hybridized carbons (Fsp3) is 0.462. The number of rotatable bonds is 4. The van der Waals surface area contributed by atoms with E-state index in [0.29, 0.717) is 4.90 Å². The lowest BCUT2D eigenvalue weighted by molar-refractivity contribution is -0.143. The highest BCUT2D eigenvalue weighted by atomic mass is 19.4. The number of carbonyl (C=O) groups is 1. The lowest BCUT2D eigenvalue weighted by Crippen LogP contribution is -2.43. The molecule has 112 valence electrons. The summed E-state index contributed by atoms with van der Waals surface area (Å²) in [5, 5.41) is 2.50. The van der Waals surface area contributed by atoms with Crippen molar-refractivity contribution in [3.05, 3.63) is 29.6 Å². The van der Waals surface area contributed by atoms with Crippen molar-refractivity contribution in [1.82, 2.24) is 4.90 Å². The third-order valence-electron chi connectivity index (χ3n) is 2.73. The number of anilines is 1. The molecule has 0 heterocycles. The van der Waals surface area contributed by atoms with Gasteiger partial charge in [-0.05, 0) is 26.0 Å². The van der Waals surface area contributed by atoms with Gasteiger partial charge >= 0.3 is 6.18 Å². The molecule has 0 atom stereocenters. The molecule has 0 spiro atoms. The van der Waals surface area contributed by atoms with Gasteiger partial charge in [0.25, 0.3) is 5.91 Å². The van der Waals surface area contributed by atoms with E-state index in [-0.39, 0.29) is 11.3 Å². The summed E-state index contributed by atoms with van der Waals surface area (Å²) in [7, 11) is 1.40. The van der Waals surface area contributed by atoms with Crippen LogP contribution in [0, 0.1) is 5.82 Å². The molecule has 0 aliphatic heterocycles. The molecule has 0 aromatic heterocycles. The smallest absolute Gasteiger partial charge is 0.385 e. The maximum atomic E-state index is 13.6. The molecule has 0 radical (unpaired) electrons. The van der Waals surface area contributed by atoms with E-state index in [2.05, 4.69) is 5.32 Å². The van der Waals surface area contributed by atoms with Gasteiger partial charge in [0.05, 0.1) is 11.3 Å². The van der Waals surface area contributed by atoms with E-state index in [4.69, 9.17) is 0 Å². The van der Waals surface area contributed by atoms with Crippen LogP contribution in [-0.4, -0.2) is 36.6 Å². The number of benzene rings is 1. The first-order valence-electron chi connectivity index (χ1n) is 6.01. The van der Waals surface area contributed by atoms with Crippen LogP contribution in [0.1, 0.15) is 24.2 Å². The maximum absolute atomic E-state index is 13.6. The fourth-order valence-electron chi connectivity index (χ4n) is 1.79. The standard InChI is InChI=1S/C13H16F4N2O/c1-8(2)19(7-13(15,16)17)12(20)9-5-4-6-10(14)11(9)18-3/h4-6,8,18H,7H2,1-3H3. The topological polar surface area (TPSA) is 32.3 Å². The second kappa shape index (κ2) is 6.11. The Hall–Kier alpha value is -1.79. The zero-order valence-electron chi connectivity index (χ0n) is 11.4. The summed E-state index contributed by atoms with van der Waals surface area (Å²) in [6, 6.07) is 3.06. The molecule has 0 aliphatic carbocycles. The molecular weight excluding hydrogens is 276 g/mol. The number of nitrogens with zero attached hydrogens (tertiary/aromatic N) is 1. The normalized spacial score (nSPS) is 11.6. The monoisotopic (exact) mass is 292 g/mol. The van der Waals surface area contributed by atoms with Crippen LogP contribution in [0.25, 0.3) is 0 Å². The lowest BCUT2D eigenvalue weighted by atomic mass is 10.1. The predicted octanol–water partition coefficient (Wildman–Crippen LogP) is 3.28. The minimum absolute atomic E-state index is 0.106. The van der Waals surface area contributed by atoms with E-state index in [0.717, 1.165) is 6.07 Å². The lowest BCUT2D eigenvalue weighted by Gasteiger charge is -2.28.